The maximum absolute atomic E-state index is 12.0. The Kier molecular flexibility index (Phi) is 6.17. The quantitative estimate of drug-likeness (QED) is 0.444. The molecule has 0 aliphatic rings. The van der Waals surface area contributed by atoms with E-state index in [9.17, 15) is 4.79 Å². The SMILES string of the molecule is Cc1cc(CN)ccc1C(=N)OC(=N)c1cncc(-c2ccc(=O)n(C(C)C)c2)n1. The maximum atomic E-state index is 12.0. The lowest BCUT2D eigenvalue weighted by Gasteiger charge is -2.12. The average molecular weight is 404 g/mol. The Labute approximate surface area is 174 Å². The van der Waals surface area contributed by atoms with Crippen LogP contribution in [0.4, 0.5) is 0 Å². The van der Waals surface area contributed by atoms with E-state index in [4.69, 9.17) is 21.3 Å². The van der Waals surface area contributed by atoms with Crippen molar-refractivity contribution in [2.45, 2.75) is 33.4 Å². The molecule has 2 aromatic heterocycles. The van der Waals surface area contributed by atoms with Crippen LogP contribution in [0.15, 0.2) is 53.7 Å². The van der Waals surface area contributed by atoms with Gasteiger partial charge in [0, 0.05) is 36.0 Å². The van der Waals surface area contributed by atoms with Gasteiger partial charge in [-0.25, -0.2) is 4.98 Å². The van der Waals surface area contributed by atoms with E-state index in [2.05, 4.69) is 9.97 Å². The summed E-state index contributed by atoms with van der Waals surface area (Å²) in [5, 5.41) is 16.4. The van der Waals surface area contributed by atoms with Crippen molar-refractivity contribution >= 4 is 11.8 Å². The Morgan fingerprint density at radius 2 is 1.93 bits per heavy atom. The first-order valence-corrected chi connectivity index (χ1v) is 9.50. The van der Waals surface area contributed by atoms with Gasteiger partial charge in [-0.2, -0.15) is 0 Å². The molecular weight excluding hydrogens is 380 g/mol. The summed E-state index contributed by atoms with van der Waals surface area (Å²) >= 11 is 0. The summed E-state index contributed by atoms with van der Waals surface area (Å²) in [7, 11) is 0. The molecule has 2 heterocycles. The van der Waals surface area contributed by atoms with Crippen LogP contribution in [-0.2, 0) is 11.3 Å². The van der Waals surface area contributed by atoms with Crippen LogP contribution in [0.1, 0.15) is 42.3 Å². The van der Waals surface area contributed by atoms with Gasteiger partial charge in [-0.15, -0.1) is 0 Å². The predicted octanol–water partition coefficient (Wildman–Crippen LogP) is 3.02. The molecule has 154 valence electrons. The zero-order valence-corrected chi connectivity index (χ0v) is 17.1. The van der Waals surface area contributed by atoms with E-state index >= 15 is 0 Å². The van der Waals surface area contributed by atoms with Gasteiger partial charge in [0.05, 0.1) is 18.1 Å². The van der Waals surface area contributed by atoms with Crippen molar-refractivity contribution in [3.8, 4) is 11.3 Å². The number of benzene rings is 1. The van der Waals surface area contributed by atoms with Crippen molar-refractivity contribution in [2.24, 2.45) is 5.73 Å². The third kappa shape index (κ3) is 4.49. The lowest BCUT2D eigenvalue weighted by atomic mass is 10.1. The molecule has 0 saturated carbocycles. The lowest BCUT2D eigenvalue weighted by Crippen LogP contribution is -2.20. The van der Waals surface area contributed by atoms with Crippen LogP contribution in [-0.4, -0.2) is 26.3 Å². The van der Waals surface area contributed by atoms with Gasteiger partial charge in [-0.3, -0.25) is 20.6 Å². The molecule has 0 spiro atoms. The van der Waals surface area contributed by atoms with Crippen LogP contribution < -0.4 is 11.3 Å². The van der Waals surface area contributed by atoms with Crippen LogP contribution in [0.2, 0.25) is 0 Å². The highest BCUT2D eigenvalue weighted by Gasteiger charge is 2.14. The molecule has 0 saturated heterocycles. The minimum atomic E-state index is -0.283. The highest BCUT2D eigenvalue weighted by atomic mass is 16.5. The number of hydrogen-bond acceptors (Lipinski definition) is 7. The molecule has 0 bridgehead atoms. The molecule has 0 unspecified atom stereocenters. The number of nitrogens with zero attached hydrogens (tertiary/aromatic N) is 3. The third-order valence-corrected chi connectivity index (χ3v) is 4.63. The Hall–Kier alpha value is -3.65. The number of nitrogens with two attached hydrogens (primary N) is 1. The van der Waals surface area contributed by atoms with E-state index in [-0.39, 0.29) is 29.1 Å². The second-order valence-electron chi connectivity index (χ2n) is 7.16. The third-order valence-electron chi connectivity index (χ3n) is 4.63. The van der Waals surface area contributed by atoms with Crippen molar-refractivity contribution in [3.63, 3.8) is 0 Å². The molecule has 0 amide bonds. The first-order chi connectivity index (χ1) is 14.3. The Balaban J connectivity index is 1.84. The van der Waals surface area contributed by atoms with E-state index in [1.165, 1.54) is 12.3 Å². The van der Waals surface area contributed by atoms with Crippen molar-refractivity contribution in [2.75, 3.05) is 0 Å². The van der Waals surface area contributed by atoms with E-state index in [0.717, 1.165) is 11.1 Å². The molecule has 0 aliphatic heterocycles. The van der Waals surface area contributed by atoms with Gasteiger partial charge >= 0.3 is 0 Å². The highest BCUT2D eigenvalue weighted by Crippen LogP contribution is 2.17. The molecule has 0 atom stereocenters. The molecule has 3 rings (SSSR count). The zero-order chi connectivity index (χ0) is 21.8. The minimum Gasteiger partial charge on any atom is -0.419 e. The number of nitrogens with one attached hydrogen (secondary N) is 2. The summed E-state index contributed by atoms with van der Waals surface area (Å²) < 4.78 is 7.03. The normalized spacial score (nSPS) is 10.8. The molecule has 8 nitrogen and oxygen atoms in total. The maximum Gasteiger partial charge on any atom is 0.250 e. The largest absolute Gasteiger partial charge is 0.419 e. The van der Waals surface area contributed by atoms with Crippen molar-refractivity contribution in [3.05, 3.63) is 81.7 Å². The predicted molar refractivity (Wildman–Crippen MR) is 116 cm³/mol. The number of aryl methyl sites for hydroxylation is 1. The topological polar surface area (TPSA) is 131 Å². The van der Waals surface area contributed by atoms with E-state index < -0.39 is 0 Å². The molecule has 8 heteroatoms. The fourth-order valence-electron chi connectivity index (χ4n) is 2.99. The summed E-state index contributed by atoms with van der Waals surface area (Å²) in [6.45, 7) is 6.12. The molecule has 1 aromatic carbocycles. The zero-order valence-electron chi connectivity index (χ0n) is 17.1. The summed E-state index contributed by atoms with van der Waals surface area (Å²) in [4.78, 5) is 20.6. The average Bonchev–Trinajstić information content (AvgIpc) is 2.73. The molecule has 0 radical (unpaired) electrons. The summed E-state index contributed by atoms with van der Waals surface area (Å²) in [6.07, 6.45) is 4.68. The summed E-state index contributed by atoms with van der Waals surface area (Å²) in [5.74, 6) is -0.435. The number of ether oxygens (including phenoxy) is 1. The number of hydrogen-bond donors (Lipinski definition) is 3. The summed E-state index contributed by atoms with van der Waals surface area (Å²) in [6, 6.07) is 8.63. The van der Waals surface area contributed by atoms with Crippen LogP contribution in [0.5, 0.6) is 0 Å². The van der Waals surface area contributed by atoms with Crippen molar-refractivity contribution < 1.29 is 4.74 Å². The van der Waals surface area contributed by atoms with E-state index in [0.29, 0.717) is 23.4 Å². The molecule has 0 aliphatic carbocycles. The smallest absolute Gasteiger partial charge is 0.250 e. The first-order valence-electron chi connectivity index (χ1n) is 9.50. The summed E-state index contributed by atoms with van der Waals surface area (Å²) in [5.41, 5.74) is 9.32. The standard InChI is InChI=1S/C22H24N6O2/c1-13(2)28-12-16(5-7-20(28)29)18-10-26-11-19(27-18)22(25)30-21(24)17-6-4-15(9-23)8-14(17)3/h4-8,10-13,24-25H,9,23H2,1-3H3. The Bertz CT molecular complexity index is 1170. The van der Waals surface area contributed by atoms with Crippen LogP contribution in [0.3, 0.4) is 0 Å². The van der Waals surface area contributed by atoms with Gasteiger partial charge in [-0.1, -0.05) is 12.1 Å². The van der Waals surface area contributed by atoms with Crippen LogP contribution in [0, 0.1) is 17.7 Å². The number of pyridine rings is 1. The monoisotopic (exact) mass is 404 g/mol. The molecule has 0 fully saturated rings. The van der Waals surface area contributed by atoms with Gasteiger partial charge in [0.2, 0.25) is 11.8 Å². The van der Waals surface area contributed by atoms with Gasteiger partial charge in [0.25, 0.3) is 5.56 Å². The lowest BCUT2D eigenvalue weighted by molar-refractivity contribution is 0.535. The molecular formula is C22H24N6O2. The second kappa shape index (κ2) is 8.79. The molecule has 30 heavy (non-hydrogen) atoms. The van der Waals surface area contributed by atoms with E-state index in [1.807, 2.05) is 32.9 Å². The molecule has 4 N–H and O–H groups in total. The second-order valence-corrected chi connectivity index (χ2v) is 7.16. The highest BCUT2D eigenvalue weighted by molar-refractivity contribution is 6.04. The molecule has 3 aromatic rings. The first kappa shape index (κ1) is 21.1. The van der Waals surface area contributed by atoms with Crippen LogP contribution >= 0.6 is 0 Å². The van der Waals surface area contributed by atoms with Crippen molar-refractivity contribution in [1.82, 2.24) is 14.5 Å². The van der Waals surface area contributed by atoms with E-state index in [1.54, 1.807) is 29.1 Å². The van der Waals surface area contributed by atoms with Crippen LogP contribution in [0.25, 0.3) is 11.3 Å². The number of aromatic nitrogens is 3. The Morgan fingerprint density at radius 1 is 1.17 bits per heavy atom. The fraction of sp³-hybridized carbons (Fsp3) is 0.227. The van der Waals surface area contributed by atoms with Gasteiger partial charge < -0.3 is 15.0 Å². The Morgan fingerprint density at radius 3 is 2.60 bits per heavy atom. The minimum absolute atomic E-state index is 0.00425. The number of rotatable bonds is 5. The van der Waals surface area contributed by atoms with Gasteiger partial charge in [0.1, 0.15) is 5.69 Å². The van der Waals surface area contributed by atoms with Gasteiger partial charge in [0.15, 0.2) is 0 Å². The van der Waals surface area contributed by atoms with Crippen molar-refractivity contribution in [1.29, 1.82) is 10.8 Å². The fourth-order valence-corrected chi connectivity index (χ4v) is 2.99. The van der Waals surface area contributed by atoms with Gasteiger partial charge in [-0.05, 0) is 44.0 Å².